The van der Waals surface area contributed by atoms with Crippen molar-refractivity contribution in [2.24, 2.45) is 0 Å². The maximum Gasteiger partial charge on any atom is 0.0538 e. The van der Waals surface area contributed by atoms with E-state index < -0.39 is 0 Å². The van der Waals surface area contributed by atoms with Crippen molar-refractivity contribution in [3.63, 3.8) is 0 Å². The van der Waals surface area contributed by atoms with E-state index in [-0.39, 0.29) is 0 Å². The van der Waals surface area contributed by atoms with Crippen LogP contribution < -0.4 is 5.32 Å². The van der Waals surface area contributed by atoms with Crippen molar-refractivity contribution in [1.29, 1.82) is 0 Å². The number of hydrogen-bond donors (Lipinski definition) is 1. The van der Waals surface area contributed by atoms with Crippen LogP contribution in [-0.2, 0) is 6.54 Å². The third-order valence-corrected chi connectivity index (χ3v) is 1.92. The molecule has 0 aliphatic rings. The third-order valence-electron chi connectivity index (χ3n) is 1.92. The van der Waals surface area contributed by atoms with Gasteiger partial charge in [0.25, 0.3) is 0 Å². The quantitative estimate of drug-likeness (QED) is 0.711. The second-order valence-corrected chi connectivity index (χ2v) is 3.20. The second kappa shape index (κ2) is 5.25. The van der Waals surface area contributed by atoms with Gasteiger partial charge in [0.2, 0.25) is 0 Å². The lowest BCUT2D eigenvalue weighted by Gasteiger charge is -2.08. The number of terminal acetylenes is 1. The predicted octanol–water partition coefficient (Wildman–Crippen LogP) is 1.49. The Balaban J connectivity index is 2.38. The second-order valence-electron chi connectivity index (χ2n) is 3.20. The molecule has 74 valence electrons. The van der Waals surface area contributed by atoms with E-state index in [2.05, 4.69) is 29.8 Å². The fraction of sp³-hybridized carbons (Fsp3) is 0.364. The lowest BCUT2D eigenvalue weighted by atomic mass is 10.2. The summed E-state index contributed by atoms with van der Waals surface area (Å²) in [6.45, 7) is 6.48. The maximum absolute atomic E-state index is 5.20. The van der Waals surface area contributed by atoms with Gasteiger partial charge < -0.3 is 5.32 Å². The minimum atomic E-state index is 0.340. The van der Waals surface area contributed by atoms with E-state index in [1.165, 1.54) is 0 Å². The van der Waals surface area contributed by atoms with Crippen molar-refractivity contribution in [3.05, 3.63) is 24.5 Å². The molecule has 1 rings (SSSR count). The fourth-order valence-electron chi connectivity index (χ4n) is 1.11. The summed E-state index contributed by atoms with van der Waals surface area (Å²) in [5.74, 6) is 2.62. The molecule has 0 aromatic carbocycles. The molecule has 0 spiro atoms. The molecule has 14 heavy (non-hydrogen) atoms. The highest BCUT2D eigenvalue weighted by molar-refractivity contribution is 5.17. The Morgan fingerprint density at radius 3 is 3.21 bits per heavy atom. The Morgan fingerprint density at radius 1 is 1.86 bits per heavy atom. The third kappa shape index (κ3) is 3.08. The molecule has 1 atom stereocenters. The number of nitrogens with zero attached hydrogens (tertiary/aromatic N) is 2. The average molecular weight is 189 g/mol. The van der Waals surface area contributed by atoms with Crippen LogP contribution >= 0.6 is 0 Å². The van der Waals surface area contributed by atoms with E-state index >= 15 is 0 Å². The Kier molecular flexibility index (Phi) is 3.96. The molecular weight excluding hydrogens is 174 g/mol. The molecule has 1 heterocycles. The molecule has 3 heteroatoms. The van der Waals surface area contributed by atoms with Gasteiger partial charge in [-0.25, -0.2) is 4.68 Å². The first kappa shape index (κ1) is 10.6. The predicted molar refractivity (Wildman–Crippen MR) is 58.4 cm³/mol. The van der Waals surface area contributed by atoms with E-state index in [0.717, 1.165) is 18.5 Å². The minimum absolute atomic E-state index is 0.340. The van der Waals surface area contributed by atoms with Crippen LogP contribution in [0.5, 0.6) is 0 Å². The van der Waals surface area contributed by atoms with Crippen LogP contribution in [0.1, 0.15) is 18.9 Å². The molecule has 1 aromatic rings. The molecule has 0 bridgehead atoms. The van der Waals surface area contributed by atoms with E-state index in [1.807, 2.05) is 12.4 Å². The Bertz CT molecular complexity index is 333. The Hall–Kier alpha value is -1.53. The van der Waals surface area contributed by atoms with Crippen molar-refractivity contribution in [1.82, 2.24) is 15.1 Å². The van der Waals surface area contributed by atoms with Crippen LogP contribution in [0.3, 0.4) is 0 Å². The molecule has 1 N–H and O–H groups in total. The number of rotatable bonds is 5. The fourth-order valence-corrected chi connectivity index (χ4v) is 1.11. The Morgan fingerprint density at radius 2 is 2.64 bits per heavy atom. The van der Waals surface area contributed by atoms with Gasteiger partial charge in [-0.05, 0) is 6.92 Å². The number of hydrogen-bond acceptors (Lipinski definition) is 2. The molecule has 0 fully saturated rings. The zero-order valence-electron chi connectivity index (χ0n) is 8.40. The first-order valence-corrected chi connectivity index (χ1v) is 4.58. The summed E-state index contributed by atoms with van der Waals surface area (Å²) >= 11 is 0. The number of nitrogens with one attached hydrogen (secondary N) is 1. The summed E-state index contributed by atoms with van der Waals surface area (Å²) in [4.78, 5) is 0. The zero-order chi connectivity index (χ0) is 10.4. The topological polar surface area (TPSA) is 29.9 Å². The van der Waals surface area contributed by atoms with Crippen LogP contribution in [0.15, 0.2) is 19.0 Å². The standard InChI is InChI=1S/C11H15N3/c1-4-6-10(3)12-7-11-8-13-14(5-2)9-11/h1,5,8-10,12H,2,6-7H2,3H3. The van der Waals surface area contributed by atoms with Crippen LogP contribution in [0.4, 0.5) is 0 Å². The van der Waals surface area contributed by atoms with Gasteiger partial charge in [0, 0.05) is 37.0 Å². The smallest absolute Gasteiger partial charge is 0.0538 e. The van der Waals surface area contributed by atoms with Gasteiger partial charge in [0.05, 0.1) is 6.20 Å². The first-order valence-electron chi connectivity index (χ1n) is 4.58. The summed E-state index contributed by atoms with van der Waals surface area (Å²) < 4.78 is 1.68. The molecule has 0 amide bonds. The summed E-state index contributed by atoms with van der Waals surface area (Å²) in [7, 11) is 0. The van der Waals surface area contributed by atoms with E-state index in [1.54, 1.807) is 10.9 Å². The largest absolute Gasteiger partial charge is 0.309 e. The zero-order valence-corrected chi connectivity index (χ0v) is 8.40. The van der Waals surface area contributed by atoms with Crippen LogP contribution in [0, 0.1) is 12.3 Å². The van der Waals surface area contributed by atoms with Crippen molar-refractivity contribution in [2.45, 2.75) is 25.9 Å². The highest BCUT2D eigenvalue weighted by atomic mass is 15.2. The van der Waals surface area contributed by atoms with Gasteiger partial charge in [0.1, 0.15) is 0 Å². The maximum atomic E-state index is 5.20. The van der Waals surface area contributed by atoms with Gasteiger partial charge in [-0.2, -0.15) is 5.10 Å². The molecule has 1 aromatic heterocycles. The molecule has 0 saturated heterocycles. The van der Waals surface area contributed by atoms with Crippen molar-refractivity contribution < 1.29 is 0 Å². The SMILES string of the molecule is C#CCC(C)NCc1cnn(C=C)c1. The molecule has 0 aliphatic heterocycles. The van der Waals surface area contributed by atoms with Crippen LogP contribution in [-0.4, -0.2) is 15.8 Å². The normalized spacial score (nSPS) is 12.0. The van der Waals surface area contributed by atoms with Gasteiger partial charge in [-0.1, -0.05) is 6.58 Å². The van der Waals surface area contributed by atoms with Crippen molar-refractivity contribution in [3.8, 4) is 12.3 Å². The number of aromatic nitrogens is 2. The summed E-state index contributed by atoms with van der Waals surface area (Å²) in [5, 5.41) is 7.38. The highest BCUT2D eigenvalue weighted by Gasteiger charge is 2.00. The highest BCUT2D eigenvalue weighted by Crippen LogP contribution is 1.98. The molecule has 0 aliphatic carbocycles. The van der Waals surface area contributed by atoms with Gasteiger partial charge in [-0.3, -0.25) is 0 Å². The van der Waals surface area contributed by atoms with Gasteiger partial charge >= 0.3 is 0 Å². The summed E-state index contributed by atoms with van der Waals surface area (Å²) in [6.07, 6.45) is 11.4. The molecule has 0 saturated carbocycles. The van der Waals surface area contributed by atoms with Gasteiger partial charge in [-0.15, -0.1) is 12.3 Å². The van der Waals surface area contributed by atoms with Crippen molar-refractivity contribution in [2.75, 3.05) is 0 Å². The Labute approximate surface area is 84.8 Å². The van der Waals surface area contributed by atoms with Crippen LogP contribution in [0.25, 0.3) is 6.20 Å². The lowest BCUT2D eigenvalue weighted by molar-refractivity contribution is 0.559. The molecular formula is C11H15N3. The van der Waals surface area contributed by atoms with E-state index in [9.17, 15) is 0 Å². The van der Waals surface area contributed by atoms with E-state index in [4.69, 9.17) is 6.42 Å². The van der Waals surface area contributed by atoms with Gasteiger partial charge in [0.15, 0.2) is 0 Å². The van der Waals surface area contributed by atoms with Crippen LogP contribution in [0.2, 0.25) is 0 Å². The minimum Gasteiger partial charge on any atom is -0.309 e. The average Bonchev–Trinajstić information content (AvgIpc) is 2.63. The lowest BCUT2D eigenvalue weighted by Crippen LogP contribution is -2.24. The monoisotopic (exact) mass is 189 g/mol. The molecule has 0 radical (unpaired) electrons. The summed E-state index contributed by atoms with van der Waals surface area (Å²) in [5.41, 5.74) is 1.13. The molecule has 3 nitrogen and oxygen atoms in total. The summed E-state index contributed by atoms with van der Waals surface area (Å²) in [6, 6.07) is 0.340. The molecule has 1 unspecified atom stereocenters. The van der Waals surface area contributed by atoms with Crippen molar-refractivity contribution >= 4 is 6.20 Å². The first-order chi connectivity index (χ1) is 6.76. The van der Waals surface area contributed by atoms with E-state index in [0.29, 0.717) is 6.04 Å².